The number of sulfonamides is 1. The molecule has 0 aliphatic heterocycles. The average molecular weight is 392 g/mol. The number of amides is 1. The number of benzene rings is 2. The third-order valence-electron chi connectivity index (χ3n) is 3.89. The fraction of sp³-hybridized carbons (Fsp3) is 0.316. The van der Waals surface area contributed by atoms with Crippen LogP contribution in [0.4, 0.5) is 5.69 Å². The second kappa shape index (κ2) is 9.27. The number of methoxy groups -OCH3 is 2. The van der Waals surface area contributed by atoms with Crippen LogP contribution < -0.4 is 19.1 Å². The van der Waals surface area contributed by atoms with Crippen molar-refractivity contribution in [2.24, 2.45) is 0 Å². The van der Waals surface area contributed by atoms with E-state index in [-0.39, 0.29) is 25.4 Å². The monoisotopic (exact) mass is 392 g/mol. The van der Waals surface area contributed by atoms with Crippen molar-refractivity contribution in [1.82, 2.24) is 5.32 Å². The van der Waals surface area contributed by atoms with Crippen molar-refractivity contribution in [2.75, 3.05) is 37.9 Å². The lowest BCUT2D eigenvalue weighted by Gasteiger charge is -2.22. The summed E-state index contributed by atoms with van der Waals surface area (Å²) in [6.45, 7) is 0.356. The van der Waals surface area contributed by atoms with Gasteiger partial charge in [-0.2, -0.15) is 0 Å². The predicted octanol–water partition coefficient (Wildman–Crippen LogP) is 1.83. The van der Waals surface area contributed by atoms with Gasteiger partial charge in [0.15, 0.2) is 11.5 Å². The summed E-state index contributed by atoms with van der Waals surface area (Å²) in [5.41, 5.74) is 1.34. The quantitative estimate of drug-likeness (QED) is 0.704. The first-order valence-electron chi connectivity index (χ1n) is 8.35. The molecule has 0 aromatic heterocycles. The molecule has 0 unspecified atom stereocenters. The SMILES string of the molecule is COc1ccc(CC(=O)NCCN(c2ccccc2)S(C)(=O)=O)cc1OC. The second-order valence-electron chi connectivity index (χ2n) is 5.89. The van der Waals surface area contributed by atoms with E-state index in [2.05, 4.69) is 5.32 Å². The Labute approximate surface area is 160 Å². The molecule has 8 heteroatoms. The maximum absolute atomic E-state index is 12.2. The lowest BCUT2D eigenvalue weighted by atomic mass is 10.1. The first-order valence-corrected chi connectivity index (χ1v) is 10.2. The minimum Gasteiger partial charge on any atom is -0.493 e. The van der Waals surface area contributed by atoms with Gasteiger partial charge in [-0.05, 0) is 29.8 Å². The van der Waals surface area contributed by atoms with Crippen molar-refractivity contribution in [3.8, 4) is 11.5 Å². The van der Waals surface area contributed by atoms with Crippen molar-refractivity contribution < 1.29 is 22.7 Å². The molecule has 1 amide bonds. The summed E-state index contributed by atoms with van der Waals surface area (Å²) < 4.78 is 35.7. The molecular weight excluding hydrogens is 368 g/mol. The number of ether oxygens (including phenoxy) is 2. The largest absolute Gasteiger partial charge is 0.493 e. The number of hydrogen-bond acceptors (Lipinski definition) is 5. The molecule has 0 atom stereocenters. The zero-order valence-electron chi connectivity index (χ0n) is 15.6. The summed E-state index contributed by atoms with van der Waals surface area (Å²) in [7, 11) is -0.361. The van der Waals surface area contributed by atoms with E-state index in [1.165, 1.54) is 11.4 Å². The third kappa shape index (κ3) is 5.89. The highest BCUT2D eigenvalue weighted by molar-refractivity contribution is 7.92. The fourth-order valence-corrected chi connectivity index (χ4v) is 3.54. The number of rotatable bonds is 9. The molecule has 0 saturated carbocycles. The van der Waals surface area contributed by atoms with Gasteiger partial charge < -0.3 is 14.8 Å². The molecule has 146 valence electrons. The van der Waals surface area contributed by atoms with Gasteiger partial charge in [0.1, 0.15) is 0 Å². The van der Waals surface area contributed by atoms with Crippen LogP contribution in [-0.2, 0) is 21.2 Å². The second-order valence-corrected chi connectivity index (χ2v) is 7.79. The number of hydrogen-bond donors (Lipinski definition) is 1. The Hall–Kier alpha value is -2.74. The third-order valence-corrected chi connectivity index (χ3v) is 5.09. The molecule has 0 aliphatic rings. The zero-order chi connectivity index (χ0) is 19.9. The van der Waals surface area contributed by atoms with Crippen LogP contribution in [0.25, 0.3) is 0 Å². The molecule has 1 N–H and O–H groups in total. The lowest BCUT2D eigenvalue weighted by Crippen LogP contribution is -2.38. The first-order chi connectivity index (χ1) is 12.8. The highest BCUT2D eigenvalue weighted by Crippen LogP contribution is 2.27. The minimum absolute atomic E-state index is 0.153. The van der Waals surface area contributed by atoms with Crippen LogP contribution in [-0.4, -0.2) is 47.9 Å². The summed E-state index contributed by atoms with van der Waals surface area (Å²) >= 11 is 0. The molecular formula is C19H24N2O5S. The van der Waals surface area contributed by atoms with Gasteiger partial charge in [-0.15, -0.1) is 0 Å². The Morgan fingerprint density at radius 1 is 1.04 bits per heavy atom. The van der Waals surface area contributed by atoms with E-state index >= 15 is 0 Å². The van der Waals surface area contributed by atoms with Crippen molar-refractivity contribution in [2.45, 2.75) is 6.42 Å². The van der Waals surface area contributed by atoms with Crippen molar-refractivity contribution in [1.29, 1.82) is 0 Å². The molecule has 0 radical (unpaired) electrons. The molecule has 0 heterocycles. The summed E-state index contributed by atoms with van der Waals surface area (Å²) in [6, 6.07) is 14.0. The molecule has 0 fully saturated rings. The van der Waals surface area contributed by atoms with E-state index < -0.39 is 10.0 Å². The minimum atomic E-state index is -3.44. The van der Waals surface area contributed by atoms with Crippen LogP contribution in [0, 0.1) is 0 Å². The number of nitrogens with one attached hydrogen (secondary N) is 1. The molecule has 7 nitrogen and oxygen atoms in total. The number of carbonyl (C=O) groups excluding carboxylic acids is 1. The van der Waals surface area contributed by atoms with Crippen LogP contribution >= 0.6 is 0 Å². The first kappa shape index (κ1) is 20.6. The van der Waals surface area contributed by atoms with Gasteiger partial charge in [0, 0.05) is 6.54 Å². The molecule has 0 bridgehead atoms. The Bertz CT molecular complexity index is 869. The predicted molar refractivity (Wildman–Crippen MR) is 105 cm³/mol. The van der Waals surface area contributed by atoms with E-state index in [0.717, 1.165) is 11.8 Å². The Balaban J connectivity index is 1.95. The highest BCUT2D eigenvalue weighted by atomic mass is 32.2. The fourth-order valence-electron chi connectivity index (χ4n) is 2.62. The Kier molecular flexibility index (Phi) is 7.06. The number of anilines is 1. The van der Waals surface area contributed by atoms with Crippen molar-refractivity contribution in [3.63, 3.8) is 0 Å². The maximum Gasteiger partial charge on any atom is 0.232 e. The van der Waals surface area contributed by atoms with Gasteiger partial charge in [-0.25, -0.2) is 8.42 Å². The van der Waals surface area contributed by atoms with Crippen LogP contribution in [0.5, 0.6) is 11.5 Å². The van der Waals surface area contributed by atoms with Gasteiger partial charge in [-0.3, -0.25) is 9.10 Å². The summed E-state index contributed by atoms with van der Waals surface area (Å²) in [6.07, 6.45) is 1.30. The van der Waals surface area contributed by atoms with E-state index in [0.29, 0.717) is 17.2 Å². The average Bonchev–Trinajstić information content (AvgIpc) is 2.64. The van der Waals surface area contributed by atoms with E-state index in [1.54, 1.807) is 49.6 Å². The van der Waals surface area contributed by atoms with Crippen molar-refractivity contribution in [3.05, 3.63) is 54.1 Å². The lowest BCUT2D eigenvalue weighted by molar-refractivity contribution is -0.120. The van der Waals surface area contributed by atoms with Gasteiger partial charge in [0.2, 0.25) is 15.9 Å². The van der Waals surface area contributed by atoms with Crippen LogP contribution in [0.1, 0.15) is 5.56 Å². The maximum atomic E-state index is 12.2. The standard InChI is InChI=1S/C19H24N2O5S/c1-25-17-10-9-15(13-18(17)26-2)14-19(22)20-11-12-21(27(3,23)24)16-7-5-4-6-8-16/h4-10,13H,11-12,14H2,1-3H3,(H,20,22). The molecule has 27 heavy (non-hydrogen) atoms. The Morgan fingerprint density at radius 3 is 2.30 bits per heavy atom. The number of nitrogens with zero attached hydrogens (tertiary/aromatic N) is 1. The summed E-state index contributed by atoms with van der Waals surface area (Å²) in [5, 5.41) is 2.75. The van der Waals surface area contributed by atoms with Gasteiger partial charge >= 0.3 is 0 Å². The van der Waals surface area contributed by atoms with Crippen LogP contribution in [0.2, 0.25) is 0 Å². The van der Waals surface area contributed by atoms with Gasteiger partial charge in [0.25, 0.3) is 0 Å². The van der Waals surface area contributed by atoms with Gasteiger partial charge in [-0.1, -0.05) is 24.3 Å². The van der Waals surface area contributed by atoms with Crippen molar-refractivity contribution >= 4 is 21.6 Å². The number of carbonyl (C=O) groups is 1. The van der Waals surface area contributed by atoms with Gasteiger partial charge in [0.05, 0.1) is 39.1 Å². The Morgan fingerprint density at radius 2 is 1.70 bits per heavy atom. The highest BCUT2D eigenvalue weighted by Gasteiger charge is 2.17. The van der Waals surface area contributed by atoms with Crippen LogP contribution in [0.15, 0.2) is 48.5 Å². The number of para-hydroxylation sites is 1. The van der Waals surface area contributed by atoms with E-state index in [9.17, 15) is 13.2 Å². The summed E-state index contributed by atoms with van der Waals surface area (Å²) in [5.74, 6) is 0.937. The molecule has 2 aromatic rings. The smallest absolute Gasteiger partial charge is 0.232 e. The zero-order valence-corrected chi connectivity index (χ0v) is 16.5. The topological polar surface area (TPSA) is 84.9 Å². The molecule has 2 aromatic carbocycles. The molecule has 2 rings (SSSR count). The molecule has 0 aliphatic carbocycles. The van der Waals surface area contributed by atoms with E-state index in [4.69, 9.17) is 9.47 Å². The molecule has 0 saturated heterocycles. The normalized spacial score (nSPS) is 10.9. The summed E-state index contributed by atoms with van der Waals surface area (Å²) in [4.78, 5) is 12.2. The van der Waals surface area contributed by atoms with E-state index in [1.807, 2.05) is 6.07 Å². The molecule has 0 spiro atoms. The van der Waals surface area contributed by atoms with Crippen LogP contribution in [0.3, 0.4) is 0 Å².